The largest absolute Gasteiger partial charge is 0.480 e. The predicted molar refractivity (Wildman–Crippen MR) is 96.1 cm³/mol. The molecule has 1 amide bonds. The van der Waals surface area contributed by atoms with E-state index in [-0.39, 0.29) is 18.8 Å². The van der Waals surface area contributed by atoms with Gasteiger partial charge in [-0.3, -0.25) is 14.4 Å². The zero-order valence-corrected chi connectivity index (χ0v) is 16.3. The van der Waals surface area contributed by atoms with Gasteiger partial charge >= 0.3 is 24.1 Å². The lowest BCUT2D eigenvalue weighted by atomic mass is 9.95. The minimum atomic E-state index is -4.53. The van der Waals surface area contributed by atoms with Gasteiger partial charge in [-0.2, -0.15) is 13.2 Å². The molecule has 0 saturated carbocycles. The van der Waals surface area contributed by atoms with Crippen LogP contribution in [0.5, 0.6) is 0 Å². The van der Waals surface area contributed by atoms with Crippen LogP contribution in [0.1, 0.15) is 31.4 Å². The van der Waals surface area contributed by atoms with Gasteiger partial charge in [0, 0.05) is 0 Å². The zero-order chi connectivity index (χ0) is 22.9. The number of benzene rings is 1. The van der Waals surface area contributed by atoms with Crippen LogP contribution in [0.2, 0.25) is 0 Å². The predicted octanol–water partition coefficient (Wildman–Crippen LogP) is 1.95. The topological polar surface area (TPSA) is 119 Å². The number of carboxylic acid groups (broad SMARTS) is 1. The summed E-state index contributed by atoms with van der Waals surface area (Å²) in [4.78, 5) is 47.8. The number of rotatable bonds is 10. The van der Waals surface area contributed by atoms with E-state index in [0.717, 1.165) is 24.3 Å². The SMILES string of the molecule is CCOC(=O)C[C@H](C(=O)OCC)[C@H](NC(=O)Cc1ccc(C(F)(F)F)cc1)C(=O)O. The fraction of sp³-hybridized carbons (Fsp3) is 0.474. The highest BCUT2D eigenvalue weighted by Gasteiger charge is 2.38. The molecule has 0 bridgehead atoms. The Kier molecular flexibility index (Phi) is 9.28. The molecule has 0 aliphatic rings. The molecule has 0 heterocycles. The second-order valence-electron chi connectivity index (χ2n) is 6.12. The van der Waals surface area contributed by atoms with Crippen molar-refractivity contribution in [2.45, 2.75) is 38.9 Å². The first-order valence-corrected chi connectivity index (χ1v) is 9.00. The number of carbonyl (C=O) groups is 4. The van der Waals surface area contributed by atoms with Crippen LogP contribution in [-0.2, 0) is 41.2 Å². The number of nitrogens with one attached hydrogen (secondary N) is 1. The molecule has 0 spiro atoms. The van der Waals surface area contributed by atoms with Gasteiger partial charge in [0.1, 0.15) is 6.04 Å². The molecule has 0 radical (unpaired) electrons. The van der Waals surface area contributed by atoms with Crippen molar-refractivity contribution < 1.29 is 46.9 Å². The quantitative estimate of drug-likeness (QED) is 0.542. The Morgan fingerprint density at radius 1 is 1.03 bits per heavy atom. The molecule has 0 aliphatic heterocycles. The number of esters is 2. The maximum absolute atomic E-state index is 12.6. The number of hydrogen-bond acceptors (Lipinski definition) is 6. The second kappa shape index (κ2) is 11.2. The Morgan fingerprint density at radius 3 is 2.07 bits per heavy atom. The molecule has 1 rings (SSSR count). The highest BCUT2D eigenvalue weighted by atomic mass is 19.4. The number of hydrogen-bond donors (Lipinski definition) is 2. The zero-order valence-electron chi connectivity index (χ0n) is 16.3. The van der Waals surface area contributed by atoms with E-state index in [1.165, 1.54) is 13.8 Å². The number of ether oxygens (including phenoxy) is 2. The summed E-state index contributed by atoms with van der Waals surface area (Å²) in [6.45, 7) is 2.94. The number of amides is 1. The Labute approximate surface area is 170 Å². The average Bonchev–Trinajstić information content (AvgIpc) is 2.64. The molecular formula is C19H22F3NO7. The minimum Gasteiger partial charge on any atom is -0.480 e. The van der Waals surface area contributed by atoms with Crippen LogP contribution in [0.15, 0.2) is 24.3 Å². The van der Waals surface area contributed by atoms with Crippen LogP contribution in [0.3, 0.4) is 0 Å². The summed E-state index contributed by atoms with van der Waals surface area (Å²) in [5.74, 6) is -5.84. The van der Waals surface area contributed by atoms with Gasteiger partial charge in [0.2, 0.25) is 5.91 Å². The third-order valence-electron chi connectivity index (χ3n) is 3.91. The summed E-state index contributed by atoms with van der Waals surface area (Å²) in [5, 5.41) is 11.6. The molecule has 2 N–H and O–H groups in total. The molecule has 30 heavy (non-hydrogen) atoms. The normalized spacial score (nSPS) is 13.1. The van der Waals surface area contributed by atoms with Gasteiger partial charge in [-0.25, -0.2) is 4.79 Å². The highest BCUT2D eigenvalue weighted by molar-refractivity contribution is 5.91. The number of carboxylic acids is 1. The molecule has 11 heteroatoms. The monoisotopic (exact) mass is 433 g/mol. The molecule has 166 valence electrons. The lowest BCUT2D eigenvalue weighted by Crippen LogP contribution is -2.50. The van der Waals surface area contributed by atoms with E-state index in [4.69, 9.17) is 9.47 Å². The Morgan fingerprint density at radius 2 is 1.60 bits per heavy atom. The van der Waals surface area contributed by atoms with Crippen molar-refractivity contribution in [3.63, 3.8) is 0 Å². The van der Waals surface area contributed by atoms with Crippen molar-refractivity contribution in [1.82, 2.24) is 5.32 Å². The maximum atomic E-state index is 12.6. The van der Waals surface area contributed by atoms with Crippen molar-refractivity contribution >= 4 is 23.8 Å². The molecule has 0 unspecified atom stereocenters. The summed E-state index contributed by atoms with van der Waals surface area (Å²) < 4.78 is 47.3. The van der Waals surface area contributed by atoms with Gasteiger partial charge in [-0.15, -0.1) is 0 Å². The molecular weight excluding hydrogens is 411 g/mol. The lowest BCUT2D eigenvalue weighted by Gasteiger charge is -2.23. The molecule has 0 saturated heterocycles. The molecule has 8 nitrogen and oxygen atoms in total. The fourth-order valence-corrected chi connectivity index (χ4v) is 2.54. The summed E-state index contributed by atoms with van der Waals surface area (Å²) in [7, 11) is 0. The summed E-state index contributed by atoms with van der Waals surface area (Å²) in [5.41, 5.74) is -0.699. The van der Waals surface area contributed by atoms with Gasteiger partial charge < -0.3 is 19.9 Å². The van der Waals surface area contributed by atoms with Gasteiger partial charge in [-0.05, 0) is 31.5 Å². The smallest absolute Gasteiger partial charge is 0.416 e. The van der Waals surface area contributed by atoms with Crippen molar-refractivity contribution in [2.24, 2.45) is 5.92 Å². The van der Waals surface area contributed by atoms with E-state index in [1.54, 1.807) is 0 Å². The standard InChI is InChI=1S/C19H22F3NO7/c1-3-29-15(25)10-13(18(28)30-4-2)16(17(26)27)23-14(24)9-11-5-7-12(8-6-11)19(20,21)22/h5-8,13,16H,3-4,9-10H2,1-2H3,(H,23,24)(H,26,27)/t13-,16-/m0/s1. The molecule has 0 fully saturated rings. The van der Waals surface area contributed by atoms with Crippen LogP contribution < -0.4 is 5.32 Å². The summed E-state index contributed by atoms with van der Waals surface area (Å²) in [6.07, 6.45) is -5.60. The van der Waals surface area contributed by atoms with Crippen LogP contribution in [0, 0.1) is 5.92 Å². The van der Waals surface area contributed by atoms with Crippen LogP contribution in [-0.4, -0.2) is 48.2 Å². The minimum absolute atomic E-state index is 0.00635. The van der Waals surface area contributed by atoms with Crippen LogP contribution in [0.25, 0.3) is 0 Å². The molecule has 1 aromatic carbocycles. The average molecular weight is 433 g/mol. The van der Waals surface area contributed by atoms with E-state index in [1.807, 2.05) is 0 Å². The number of halogens is 3. The third kappa shape index (κ3) is 7.72. The number of alkyl halides is 3. The van der Waals surface area contributed by atoms with Crippen LogP contribution in [0.4, 0.5) is 13.2 Å². The number of carbonyl (C=O) groups excluding carboxylic acids is 3. The molecule has 0 aliphatic carbocycles. The Hall–Kier alpha value is -3.11. The van der Waals surface area contributed by atoms with E-state index >= 15 is 0 Å². The second-order valence-corrected chi connectivity index (χ2v) is 6.12. The van der Waals surface area contributed by atoms with E-state index in [9.17, 15) is 37.5 Å². The highest BCUT2D eigenvalue weighted by Crippen LogP contribution is 2.29. The summed E-state index contributed by atoms with van der Waals surface area (Å²) in [6, 6.07) is 1.95. The number of aliphatic carboxylic acids is 1. The third-order valence-corrected chi connectivity index (χ3v) is 3.91. The lowest BCUT2D eigenvalue weighted by molar-refractivity contribution is -0.160. The summed E-state index contributed by atoms with van der Waals surface area (Å²) >= 11 is 0. The first kappa shape index (κ1) is 24.9. The maximum Gasteiger partial charge on any atom is 0.416 e. The van der Waals surface area contributed by atoms with Gasteiger partial charge in [-0.1, -0.05) is 12.1 Å². The van der Waals surface area contributed by atoms with Crippen LogP contribution >= 0.6 is 0 Å². The van der Waals surface area contributed by atoms with E-state index in [0.29, 0.717) is 0 Å². The van der Waals surface area contributed by atoms with Crippen molar-refractivity contribution in [1.29, 1.82) is 0 Å². The van der Waals surface area contributed by atoms with Crippen molar-refractivity contribution in [3.05, 3.63) is 35.4 Å². The molecule has 1 aromatic rings. The van der Waals surface area contributed by atoms with Crippen molar-refractivity contribution in [3.8, 4) is 0 Å². The van der Waals surface area contributed by atoms with Gasteiger partial charge in [0.15, 0.2) is 0 Å². The van der Waals surface area contributed by atoms with Gasteiger partial charge in [0.05, 0.1) is 37.5 Å². The van der Waals surface area contributed by atoms with Gasteiger partial charge in [0.25, 0.3) is 0 Å². The van der Waals surface area contributed by atoms with E-state index in [2.05, 4.69) is 5.32 Å². The molecule has 2 atom stereocenters. The molecule has 0 aromatic heterocycles. The first-order valence-electron chi connectivity index (χ1n) is 9.00. The fourth-order valence-electron chi connectivity index (χ4n) is 2.54. The van der Waals surface area contributed by atoms with Crippen molar-refractivity contribution in [2.75, 3.05) is 13.2 Å². The Balaban J connectivity index is 2.95. The first-order chi connectivity index (χ1) is 14.0. The Bertz CT molecular complexity index is 762. The van der Waals surface area contributed by atoms with E-state index < -0.39 is 60.4 Å².